The van der Waals surface area contributed by atoms with Crippen molar-refractivity contribution in [3.05, 3.63) is 76.0 Å². The van der Waals surface area contributed by atoms with Gasteiger partial charge >= 0.3 is 12.0 Å². The van der Waals surface area contributed by atoms with Crippen LogP contribution < -0.4 is 15.4 Å². The van der Waals surface area contributed by atoms with Crippen LogP contribution in [0.25, 0.3) is 0 Å². The standard InChI is InChI=1S/C24H27ClN2O4/c1-14(2)21-20(23(28)31-15(3)4)22(27-24(29)26-21)17-8-6-10-19(12-17)30-13-16-7-5-9-18(25)11-16/h5-12,14-15,22H,13H2,1-4H3,(H2,26,27,29). The molecule has 0 radical (unpaired) electrons. The van der Waals surface area contributed by atoms with E-state index < -0.39 is 12.0 Å². The number of nitrogens with one attached hydrogen (secondary N) is 2. The zero-order valence-corrected chi connectivity index (χ0v) is 18.8. The van der Waals surface area contributed by atoms with Gasteiger partial charge in [-0.05, 0) is 55.2 Å². The fourth-order valence-electron chi connectivity index (χ4n) is 3.37. The molecular weight excluding hydrogens is 416 g/mol. The highest BCUT2D eigenvalue weighted by Gasteiger charge is 2.35. The molecule has 7 heteroatoms. The molecule has 0 bridgehead atoms. The Morgan fingerprint density at radius 1 is 1.10 bits per heavy atom. The molecule has 31 heavy (non-hydrogen) atoms. The first-order valence-electron chi connectivity index (χ1n) is 10.2. The summed E-state index contributed by atoms with van der Waals surface area (Å²) in [5, 5.41) is 6.27. The van der Waals surface area contributed by atoms with Crippen LogP contribution in [0.1, 0.15) is 44.9 Å². The Kier molecular flexibility index (Phi) is 7.23. The lowest BCUT2D eigenvalue weighted by Crippen LogP contribution is -2.47. The summed E-state index contributed by atoms with van der Waals surface area (Å²) in [7, 11) is 0. The van der Waals surface area contributed by atoms with Crippen molar-refractivity contribution >= 4 is 23.6 Å². The molecule has 164 valence electrons. The number of hydrogen-bond donors (Lipinski definition) is 2. The first-order valence-corrected chi connectivity index (χ1v) is 10.6. The quantitative estimate of drug-likeness (QED) is 0.582. The molecule has 2 N–H and O–H groups in total. The fraction of sp³-hybridized carbons (Fsp3) is 0.333. The van der Waals surface area contributed by atoms with Gasteiger partial charge in [-0.15, -0.1) is 0 Å². The number of ether oxygens (including phenoxy) is 2. The number of amides is 2. The van der Waals surface area contributed by atoms with Gasteiger partial charge in [-0.25, -0.2) is 9.59 Å². The molecule has 0 aromatic heterocycles. The highest BCUT2D eigenvalue weighted by atomic mass is 35.5. The Morgan fingerprint density at radius 2 is 1.84 bits per heavy atom. The number of carbonyl (C=O) groups is 2. The Hall–Kier alpha value is -2.99. The lowest BCUT2D eigenvalue weighted by Gasteiger charge is -2.31. The van der Waals surface area contributed by atoms with Crippen LogP contribution >= 0.6 is 11.6 Å². The highest BCUT2D eigenvalue weighted by molar-refractivity contribution is 6.30. The van der Waals surface area contributed by atoms with Crippen molar-refractivity contribution in [3.63, 3.8) is 0 Å². The highest BCUT2D eigenvalue weighted by Crippen LogP contribution is 2.32. The van der Waals surface area contributed by atoms with E-state index in [1.54, 1.807) is 13.8 Å². The first-order chi connectivity index (χ1) is 14.7. The molecule has 2 amide bonds. The molecule has 0 saturated heterocycles. The molecule has 1 atom stereocenters. The van der Waals surface area contributed by atoms with E-state index in [2.05, 4.69) is 10.6 Å². The third-order valence-electron chi connectivity index (χ3n) is 4.73. The monoisotopic (exact) mass is 442 g/mol. The van der Waals surface area contributed by atoms with Crippen LogP contribution in [0.3, 0.4) is 0 Å². The average Bonchev–Trinajstić information content (AvgIpc) is 2.71. The van der Waals surface area contributed by atoms with E-state index >= 15 is 0 Å². The maximum absolute atomic E-state index is 12.9. The zero-order valence-electron chi connectivity index (χ0n) is 18.1. The van der Waals surface area contributed by atoms with Crippen LogP contribution in [-0.4, -0.2) is 18.1 Å². The number of carbonyl (C=O) groups excluding carboxylic acids is 2. The lowest BCUT2D eigenvalue weighted by atomic mass is 9.91. The van der Waals surface area contributed by atoms with Crippen LogP contribution in [0.5, 0.6) is 5.75 Å². The zero-order chi connectivity index (χ0) is 22.5. The fourth-order valence-corrected chi connectivity index (χ4v) is 3.59. The van der Waals surface area contributed by atoms with Gasteiger partial charge in [0.1, 0.15) is 12.4 Å². The minimum Gasteiger partial charge on any atom is -0.489 e. The Balaban J connectivity index is 1.91. The molecule has 0 spiro atoms. The molecule has 0 fully saturated rings. The van der Waals surface area contributed by atoms with Gasteiger partial charge in [0.05, 0.1) is 17.7 Å². The molecule has 6 nitrogen and oxygen atoms in total. The molecule has 0 saturated carbocycles. The molecule has 2 aromatic carbocycles. The van der Waals surface area contributed by atoms with Crippen molar-refractivity contribution in [1.29, 1.82) is 0 Å². The van der Waals surface area contributed by atoms with Gasteiger partial charge in [0, 0.05) is 10.7 Å². The second-order valence-electron chi connectivity index (χ2n) is 7.96. The lowest BCUT2D eigenvalue weighted by molar-refractivity contribution is -0.143. The van der Waals surface area contributed by atoms with E-state index in [-0.39, 0.29) is 18.1 Å². The summed E-state index contributed by atoms with van der Waals surface area (Å²) in [6.45, 7) is 7.78. The third kappa shape index (κ3) is 5.79. The summed E-state index contributed by atoms with van der Waals surface area (Å²) in [6, 6.07) is 13.8. The number of benzene rings is 2. The number of rotatable bonds is 7. The molecule has 1 aliphatic rings. The number of halogens is 1. The summed E-state index contributed by atoms with van der Waals surface area (Å²) in [6.07, 6.45) is -0.279. The minimum absolute atomic E-state index is 0.0643. The van der Waals surface area contributed by atoms with Crippen molar-refractivity contribution in [2.45, 2.75) is 46.4 Å². The van der Waals surface area contributed by atoms with Crippen LogP contribution in [0.15, 0.2) is 59.8 Å². The Labute approximate surface area is 187 Å². The molecule has 1 heterocycles. The summed E-state index contributed by atoms with van der Waals surface area (Å²) < 4.78 is 11.4. The van der Waals surface area contributed by atoms with E-state index in [0.717, 1.165) is 11.1 Å². The summed E-state index contributed by atoms with van der Waals surface area (Å²) in [5.74, 6) is 0.0971. The van der Waals surface area contributed by atoms with Crippen LogP contribution in [0, 0.1) is 5.92 Å². The molecule has 1 unspecified atom stereocenters. The number of esters is 1. The molecule has 0 aliphatic carbocycles. The molecular formula is C24H27ClN2O4. The number of allylic oxidation sites excluding steroid dienone is 1. The molecule has 3 rings (SSSR count). The minimum atomic E-state index is -0.646. The van der Waals surface area contributed by atoms with Crippen LogP contribution in [0.2, 0.25) is 5.02 Å². The van der Waals surface area contributed by atoms with Crippen molar-refractivity contribution in [2.24, 2.45) is 5.92 Å². The second kappa shape index (κ2) is 9.88. The van der Waals surface area contributed by atoms with Crippen molar-refractivity contribution < 1.29 is 19.1 Å². The van der Waals surface area contributed by atoms with Gasteiger partial charge in [-0.2, -0.15) is 0 Å². The van der Waals surface area contributed by atoms with E-state index in [9.17, 15) is 9.59 Å². The predicted octanol–water partition coefficient (Wildman–Crippen LogP) is 5.13. The van der Waals surface area contributed by atoms with Gasteiger partial charge in [-0.1, -0.05) is 49.7 Å². The third-order valence-corrected chi connectivity index (χ3v) is 4.96. The molecule has 1 aliphatic heterocycles. The van der Waals surface area contributed by atoms with E-state index in [0.29, 0.717) is 28.6 Å². The summed E-state index contributed by atoms with van der Waals surface area (Å²) in [5.41, 5.74) is 2.63. The van der Waals surface area contributed by atoms with E-state index in [1.165, 1.54) is 0 Å². The number of urea groups is 1. The first kappa shape index (κ1) is 22.7. The molecule has 2 aromatic rings. The van der Waals surface area contributed by atoms with Gasteiger partial charge in [0.15, 0.2) is 0 Å². The summed E-state index contributed by atoms with van der Waals surface area (Å²) in [4.78, 5) is 25.3. The normalized spacial score (nSPS) is 16.2. The maximum atomic E-state index is 12.9. The SMILES string of the molecule is CC(C)OC(=O)C1=C(C(C)C)NC(=O)NC1c1cccc(OCc2cccc(Cl)c2)c1. The Morgan fingerprint density at radius 3 is 2.52 bits per heavy atom. The van der Waals surface area contributed by atoms with E-state index in [4.69, 9.17) is 21.1 Å². The van der Waals surface area contributed by atoms with E-state index in [1.807, 2.05) is 62.4 Å². The summed E-state index contributed by atoms with van der Waals surface area (Å²) >= 11 is 6.04. The van der Waals surface area contributed by atoms with Crippen molar-refractivity contribution in [2.75, 3.05) is 0 Å². The predicted molar refractivity (Wildman–Crippen MR) is 120 cm³/mol. The van der Waals surface area contributed by atoms with Gasteiger partial charge < -0.3 is 20.1 Å². The maximum Gasteiger partial charge on any atom is 0.338 e. The van der Waals surface area contributed by atoms with Crippen LogP contribution in [0.4, 0.5) is 4.79 Å². The van der Waals surface area contributed by atoms with Gasteiger partial charge in [0.25, 0.3) is 0 Å². The topological polar surface area (TPSA) is 76.7 Å². The van der Waals surface area contributed by atoms with Crippen LogP contribution in [-0.2, 0) is 16.1 Å². The van der Waals surface area contributed by atoms with Crippen molar-refractivity contribution in [3.8, 4) is 5.75 Å². The van der Waals surface area contributed by atoms with Gasteiger partial charge in [0.2, 0.25) is 0 Å². The van der Waals surface area contributed by atoms with Crippen molar-refractivity contribution in [1.82, 2.24) is 10.6 Å². The second-order valence-corrected chi connectivity index (χ2v) is 8.40. The largest absolute Gasteiger partial charge is 0.489 e. The number of hydrogen-bond acceptors (Lipinski definition) is 4. The smallest absolute Gasteiger partial charge is 0.338 e. The Bertz CT molecular complexity index is 1000. The average molecular weight is 443 g/mol. The van der Waals surface area contributed by atoms with Gasteiger partial charge in [-0.3, -0.25) is 0 Å².